The minimum absolute atomic E-state index is 0.133. The molecular weight excluding hydrogens is 270 g/mol. The summed E-state index contributed by atoms with van der Waals surface area (Å²) in [6, 6.07) is -0.133. The Balaban J connectivity index is 2.72. The van der Waals surface area contributed by atoms with Crippen molar-refractivity contribution in [3.05, 3.63) is 16.4 Å². The van der Waals surface area contributed by atoms with E-state index in [-0.39, 0.29) is 12.1 Å². The average Bonchev–Trinajstić information content (AvgIpc) is 2.57. The van der Waals surface area contributed by atoms with Crippen LogP contribution in [0.2, 0.25) is 0 Å². The van der Waals surface area contributed by atoms with E-state index in [2.05, 4.69) is 28.0 Å². The van der Waals surface area contributed by atoms with Crippen LogP contribution in [0, 0.1) is 0 Å². The predicted molar refractivity (Wildman–Crippen MR) is 68.2 cm³/mol. The Kier molecular flexibility index (Phi) is 5.44. The second kappa shape index (κ2) is 6.37. The lowest BCUT2D eigenvalue weighted by Crippen LogP contribution is -2.23. The van der Waals surface area contributed by atoms with Crippen LogP contribution >= 0.6 is 15.9 Å². The lowest BCUT2D eigenvalue weighted by atomic mass is 10.2. The van der Waals surface area contributed by atoms with E-state index in [0.29, 0.717) is 6.61 Å². The zero-order chi connectivity index (χ0) is 12.1. The van der Waals surface area contributed by atoms with Crippen molar-refractivity contribution in [3.8, 4) is 0 Å². The van der Waals surface area contributed by atoms with Crippen LogP contribution in [0.1, 0.15) is 38.9 Å². The van der Waals surface area contributed by atoms with Gasteiger partial charge in [0.25, 0.3) is 0 Å². The Morgan fingerprint density at radius 2 is 2.25 bits per heavy atom. The zero-order valence-corrected chi connectivity index (χ0v) is 11.7. The highest BCUT2D eigenvalue weighted by atomic mass is 79.9. The molecule has 1 rings (SSSR count). The van der Waals surface area contributed by atoms with Gasteiger partial charge in [-0.15, -0.1) is 0 Å². The van der Waals surface area contributed by atoms with Gasteiger partial charge in [0.1, 0.15) is 0 Å². The number of rotatable bonds is 6. The Morgan fingerprint density at radius 1 is 1.56 bits per heavy atom. The third kappa shape index (κ3) is 3.57. The van der Waals surface area contributed by atoms with E-state index >= 15 is 0 Å². The lowest BCUT2D eigenvalue weighted by molar-refractivity contribution is 0.0667. The van der Waals surface area contributed by atoms with Crippen LogP contribution < -0.4 is 5.73 Å². The van der Waals surface area contributed by atoms with Gasteiger partial charge in [0.15, 0.2) is 0 Å². The maximum Gasteiger partial charge on any atom is 0.0717 e. The zero-order valence-electron chi connectivity index (χ0n) is 10.1. The molecule has 1 heterocycles. The molecule has 16 heavy (non-hydrogen) atoms. The van der Waals surface area contributed by atoms with Crippen LogP contribution in [0.15, 0.2) is 10.7 Å². The molecule has 0 spiro atoms. The van der Waals surface area contributed by atoms with E-state index in [9.17, 15) is 0 Å². The van der Waals surface area contributed by atoms with Crippen LogP contribution in [-0.2, 0) is 11.3 Å². The molecule has 1 aromatic heterocycles. The molecule has 0 aliphatic carbocycles. The van der Waals surface area contributed by atoms with Crippen molar-refractivity contribution in [1.29, 1.82) is 0 Å². The Labute approximate surface area is 105 Å². The number of aryl methyl sites for hydroxylation is 1. The molecule has 0 aliphatic heterocycles. The molecular formula is C11H20BrN3O. The number of hydrogen-bond donors (Lipinski definition) is 1. The average molecular weight is 290 g/mol. The van der Waals surface area contributed by atoms with Gasteiger partial charge in [-0.3, -0.25) is 4.68 Å². The van der Waals surface area contributed by atoms with Crippen LogP contribution in [0.4, 0.5) is 0 Å². The smallest absolute Gasteiger partial charge is 0.0717 e. The fourth-order valence-electron chi connectivity index (χ4n) is 1.51. The molecule has 0 fully saturated rings. The topological polar surface area (TPSA) is 53.1 Å². The second-order valence-electron chi connectivity index (χ2n) is 4.09. The normalized spacial score (nSPS) is 13.4. The molecule has 0 amide bonds. The van der Waals surface area contributed by atoms with E-state index in [1.54, 1.807) is 6.20 Å². The van der Waals surface area contributed by atoms with Gasteiger partial charge in [-0.25, -0.2) is 0 Å². The third-order valence-corrected chi connectivity index (χ3v) is 2.84. The van der Waals surface area contributed by atoms with Crippen molar-refractivity contribution in [2.75, 3.05) is 6.61 Å². The Morgan fingerprint density at radius 3 is 2.81 bits per heavy atom. The fraction of sp³-hybridized carbons (Fsp3) is 0.727. The van der Waals surface area contributed by atoms with E-state index in [1.165, 1.54) is 0 Å². The second-order valence-corrected chi connectivity index (χ2v) is 4.94. The lowest BCUT2D eigenvalue weighted by Gasteiger charge is -2.16. The van der Waals surface area contributed by atoms with Gasteiger partial charge in [0, 0.05) is 6.54 Å². The summed E-state index contributed by atoms with van der Waals surface area (Å²) in [6.45, 7) is 7.54. The summed E-state index contributed by atoms with van der Waals surface area (Å²) in [5, 5.41) is 4.29. The van der Waals surface area contributed by atoms with Crippen molar-refractivity contribution in [3.63, 3.8) is 0 Å². The van der Waals surface area contributed by atoms with E-state index in [1.807, 2.05) is 18.5 Å². The fourth-order valence-corrected chi connectivity index (χ4v) is 2.10. The quantitative estimate of drug-likeness (QED) is 0.875. The number of ether oxygens (including phenoxy) is 1. The summed E-state index contributed by atoms with van der Waals surface area (Å²) in [6.07, 6.45) is 3.03. The first-order valence-electron chi connectivity index (χ1n) is 5.64. The van der Waals surface area contributed by atoms with Crippen LogP contribution in [-0.4, -0.2) is 22.5 Å². The molecule has 0 radical (unpaired) electrons. The standard InChI is InChI=1S/C11H20BrN3O/c1-4-5-15-11(9(12)6-14-15)10(13)7-16-8(2)3/h6,8,10H,4-5,7,13H2,1-3H3. The highest BCUT2D eigenvalue weighted by Gasteiger charge is 2.16. The van der Waals surface area contributed by atoms with Gasteiger partial charge >= 0.3 is 0 Å². The molecule has 0 saturated heterocycles. The van der Waals surface area contributed by atoms with Crippen LogP contribution in [0.3, 0.4) is 0 Å². The largest absolute Gasteiger partial charge is 0.377 e. The van der Waals surface area contributed by atoms with Gasteiger partial charge in [-0.1, -0.05) is 6.92 Å². The third-order valence-electron chi connectivity index (χ3n) is 2.23. The first kappa shape index (κ1) is 13.7. The molecule has 2 N–H and O–H groups in total. The summed E-state index contributed by atoms with van der Waals surface area (Å²) < 4.78 is 8.43. The van der Waals surface area contributed by atoms with E-state index in [4.69, 9.17) is 10.5 Å². The highest BCUT2D eigenvalue weighted by Crippen LogP contribution is 2.22. The summed E-state index contributed by atoms with van der Waals surface area (Å²) >= 11 is 3.48. The number of nitrogens with two attached hydrogens (primary N) is 1. The van der Waals surface area contributed by atoms with Gasteiger partial charge in [0.05, 0.1) is 35.1 Å². The molecule has 0 aliphatic rings. The summed E-state index contributed by atoms with van der Waals surface area (Å²) in [7, 11) is 0. The van der Waals surface area contributed by atoms with Crippen molar-refractivity contribution in [2.45, 2.75) is 45.9 Å². The molecule has 92 valence electrons. The van der Waals surface area contributed by atoms with Crippen LogP contribution in [0.25, 0.3) is 0 Å². The first-order chi connectivity index (χ1) is 7.56. The van der Waals surface area contributed by atoms with Gasteiger partial charge in [0.2, 0.25) is 0 Å². The van der Waals surface area contributed by atoms with E-state index < -0.39 is 0 Å². The number of nitrogens with zero attached hydrogens (tertiary/aromatic N) is 2. The molecule has 1 unspecified atom stereocenters. The number of halogens is 1. The minimum Gasteiger partial charge on any atom is -0.377 e. The van der Waals surface area contributed by atoms with Crippen molar-refractivity contribution < 1.29 is 4.74 Å². The first-order valence-corrected chi connectivity index (χ1v) is 6.44. The summed E-state index contributed by atoms with van der Waals surface area (Å²) in [5.74, 6) is 0. The minimum atomic E-state index is -0.133. The Bertz CT molecular complexity index is 325. The molecule has 0 aromatic carbocycles. The SMILES string of the molecule is CCCn1ncc(Br)c1C(N)COC(C)C. The molecule has 0 bridgehead atoms. The summed E-state index contributed by atoms with van der Waals surface area (Å²) in [5.41, 5.74) is 7.12. The van der Waals surface area contributed by atoms with Gasteiger partial charge in [-0.2, -0.15) is 5.10 Å². The van der Waals surface area contributed by atoms with E-state index in [0.717, 1.165) is 23.1 Å². The summed E-state index contributed by atoms with van der Waals surface area (Å²) in [4.78, 5) is 0. The molecule has 0 saturated carbocycles. The predicted octanol–water partition coefficient (Wildman–Crippen LogP) is 2.48. The van der Waals surface area contributed by atoms with Crippen molar-refractivity contribution in [1.82, 2.24) is 9.78 Å². The van der Waals surface area contributed by atoms with Crippen LogP contribution in [0.5, 0.6) is 0 Å². The maximum atomic E-state index is 6.10. The molecule has 1 atom stereocenters. The maximum absolute atomic E-state index is 6.10. The highest BCUT2D eigenvalue weighted by molar-refractivity contribution is 9.10. The van der Waals surface area contributed by atoms with Crippen molar-refractivity contribution in [2.24, 2.45) is 5.73 Å². The van der Waals surface area contributed by atoms with Crippen molar-refractivity contribution >= 4 is 15.9 Å². The van der Waals surface area contributed by atoms with Gasteiger partial charge < -0.3 is 10.5 Å². The number of hydrogen-bond acceptors (Lipinski definition) is 3. The molecule has 5 heteroatoms. The Hall–Kier alpha value is -0.390. The molecule has 4 nitrogen and oxygen atoms in total. The number of aromatic nitrogens is 2. The van der Waals surface area contributed by atoms with Gasteiger partial charge in [-0.05, 0) is 36.2 Å². The molecule has 1 aromatic rings. The monoisotopic (exact) mass is 289 g/mol.